The van der Waals surface area contributed by atoms with Gasteiger partial charge in [0.15, 0.2) is 17.6 Å². The van der Waals surface area contributed by atoms with Crippen LogP contribution in [-0.2, 0) is 20.9 Å². The molecular formula is C23H27NO5. The number of carbonyl (C=O) groups excluding carboxylic acids is 2. The van der Waals surface area contributed by atoms with Crippen molar-refractivity contribution < 1.29 is 23.8 Å². The summed E-state index contributed by atoms with van der Waals surface area (Å²) < 4.78 is 16.7. The Morgan fingerprint density at radius 3 is 2.34 bits per heavy atom. The number of esters is 1. The molecule has 0 radical (unpaired) electrons. The molecule has 0 N–H and O–H groups in total. The molecule has 0 aromatic heterocycles. The second-order valence-electron chi connectivity index (χ2n) is 8.02. The van der Waals surface area contributed by atoms with Gasteiger partial charge in [-0.1, -0.05) is 42.5 Å². The lowest BCUT2D eigenvalue weighted by Crippen LogP contribution is -2.50. The molecule has 154 valence electrons. The van der Waals surface area contributed by atoms with Crippen LogP contribution in [0.15, 0.2) is 54.6 Å². The molecule has 1 aliphatic rings. The highest BCUT2D eigenvalue weighted by Gasteiger charge is 2.35. The van der Waals surface area contributed by atoms with Crippen molar-refractivity contribution in [1.82, 2.24) is 4.90 Å². The van der Waals surface area contributed by atoms with E-state index in [0.717, 1.165) is 5.56 Å². The molecule has 1 aliphatic heterocycles. The lowest BCUT2D eigenvalue weighted by Gasteiger charge is -2.37. The molecule has 0 fully saturated rings. The minimum Gasteiger partial charge on any atom is -0.485 e. The van der Waals surface area contributed by atoms with Crippen LogP contribution in [0.2, 0.25) is 0 Å². The van der Waals surface area contributed by atoms with Gasteiger partial charge in [0.05, 0.1) is 0 Å². The van der Waals surface area contributed by atoms with Crippen LogP contribution in [0.4, 0.5) is 0 Å². The van der Waals surface area contributed by atoms with E-state index in [2.05, 4.69) is 0 Å². The predicted octanol–water partition coefficient (Wildman–Crippen LogP) is 3.59. The van der Waals surface area contributed by atoms with Crippen molar-refractivity contribution in [2.45, 2.75) is 52.0 Å². The third-order valence-corrected chi connectivity index (χ3v) is 4.67. The highest BCUT2D eigenvalue weighted by atomic mass is 16.6. The summed E-state index contributed by atoms with van der Waals surface area (Å²) in [4.78, 5) is 27.4. The molecule has 2 atom stereocenters. The van der Waals surface area contributed by atoms with E-state index in [1.54, 1.807) is 30.0 Å². The van der Waals surface area contributed by atoms with Crippen molar-refractivity contribution in [1.29, 1.82) is 0 Å². The van der Waals surface area contributed by atoms with E-state index < -0.39 is 23.7 Å². The molecule has 0 unspecified atom stereocenters. The highest BCUT2D eigenvalue weighted by Crippen LogP contribution is 2.31. The van der Waals surface area contributed by atoms with Crippen molar-refractivity contribution in [2.75, 3.05) is 6.61 Å². The van der Waals surface area contributed by atoms with Gasteiger partial charge in [-0.05, 0) is 45.4 Å². The minimum atomic E-state index is -0.939. The molecular weight excluding hydrogens is 370 g/mol. The van der Waals surface area contributed by atoms with Crippen molar-refractivity contribution in [3.8, 4) is 11.5 Å². The number of nitrogens with zero attached hydrogens (tertiary/aromatic N) is 1. The first kappa shape index (κ1) is 20.7. The first-order chi connectivity index (χ1) is 13.8. The molecule has 6 nitrogen and oxygen atoms in total. The molecule has 29 heavy (non-hydrogen) atoms. The van der Waals surface area contributed by atoms with E-state index >= 15 is 0 Å². The fourth-order valence-corrected chi connectivity index (χ4v) is 3.07. The highest BCUT2D eigenvalue weighted by molar-refractivity contribution is 5.85. The number of amides is 1. The summed E-state index contributed by atoms with van der Waals surface area (Å²) in [5, 5.41) is 0. The molecule has 0 saturated heterocycles. The molecule has 2 aromatic carbocycles. The zero-order valence-electron chi connectivity index (χ0n) is 17.3. The van der Waals surface area contributed by atoms with E-state index in [9.17, 15) is 9.59 Å². The third kappa shape index (κ3) is 5.08. The van der Waals surface area contributed by atoms with Gasteiger partial charge in [-0.2, -0.15) is 0 Å². The van der Waals surface area contributed by atoms with E-state index in [1.807, 2.05) is 57.2 Å². The lowest BCUT2D eigenvalue weighted by atomic mass is 10.0. The number of carbonyl (C=O) groups is 2. The summed E-state index contributed by atoms with van der Waals surface area (Å²) in [5.74, 6) is 0.197. The van der Waals surface area contributed by atoms with Gasteiger partial charge in [-0.15, -0.1) is 0 Å². The van der Waals surface area contributed by atoms with Crippen LogP contribution < -0.4 is 9.47 Å². The van der Waals surface area contributed by atoms with Crippen LogP contribution in [0.3, 0.4) is 0 Å². The summed E-state index contributed by atoms with van der Waals surface area (Å²) >= 11 is 0. The van der Waals surface area contributed by atoms with Gasteiger partial charge >= 0.3 is 5.97 Å². The summed E-state index contributed by atoms with van der Waals surface area (Å²) in [7, 11) is 0. The van der Waals surface area contributed by atoms with Crippen LogP contribution in [0.1, 0.15) is 33.3 Å². The van der Waals surface area contributed by atoms with Crippen LogP contribution in [0, 0.1) is 0 Å². The van der Waals surface area contributed by atoms with Crippen LogP contribution >= 0.6 is 0 Å². The van der Waals surface area contributed by atoms with Gasteiger partial charge in [-0.25, -0.2) is 4.79 Å². The van der Waals surface area contributed by atoms with Crippen LogP contribution in [-0.4, -0.2) is 41.1 Å². The van der Waals surface area contributed by atoms with Gasteiger partial charge in [0.1, 0.15) is 6.61 Å². The Morgan fingerprint density at radius 1 is 1.07 bits per heavy atom. The minimum absolute atomic E-state index is 0.0454. The van der Waals surface area contributed by atoms with E-state index in [0.29, 0.717) is 18.0 Å². The summed E-state index contributed by atoms with van der Waals surface area (Å²) in [6, 6.07) is 16.9. The van der Waals surface area contributed by atoms with E-state index in [1.165, 1.54) is 0 Å². The Balaban J connectivity index is 1.65. The molecule has 1 amide bonds. The van der Waals surface area contributed by atoms with Crippen LogP contribution in [0.25, 0.3) is 0 Å². The van der Waals surface area contributed by atoms with Crippen LogP contribution in [0.5, 0.6) is 11.5 Å². The largest absolute Gasteiger partial charge is 0.485 e. The first-order valence-electron chi connectivity index (χ1n) is 9.70. The molecule has 0 saturated carbocycles. The molecule has 2 aromatic rings. The van der Waals surface area contributed by atoms with Crippen molar-refractivity contribution in [3.63, 3.8) is 0 Å². The predicted molar refractivity (Wildman–Crippen MR) is 109 cm³/mol. The maximum Gasteiger partial charge on any atom is 0.351 e. The number of benzene rings is 2. The average Bonchev–Trinajstić information content (AvgIpc) is 2.71. The topological polar surface area (TPSA) is 65.1 Å². The summed E-state index contributed by atoms with van der Waals surface area (Å²) in [6.07, 6.45) is -1.84. The average molecular weight is 397 g/mol. The fraction of sp³-hybridized carbons (Fsp3) is 0.391. The molecule has 0 aliphatic carbocycles. The van der Waals surface area contributed by atoms with Crippen molar-refractivity contribution in [3.05, 3.63) is 60.2 Å². The number of rotatable bonds is 5. The monoisotopic (exact) mass is 397 g/mol. The van der Waals surface area contributed by atoms with Crippen molar-refractivity contribution in [2.24, 2.45) is 0 Å². The molecule has 1 heterocycles. The smallest absolute Gasteiger partial charge is 0.351 e. The second-order valence-corrected chi connectivity index (χ2v) is 8.02. The Bertz CT molecular complexity index is 859. The Kier molecular flexibility index (Phi) is 6.11. The van der Waals surface area contributed by atoms with Crippen molar-refractivity contribution >= 4 is 11.9 Å². The van der Waals surface area contributed by atoms with E-state index in [-0.39, 0.29) is 12.5 Å². The fourth-order valence-electron chi connectivity index (χ4n) is 3.07. The van der Waals surface area contributed by atoms with Gasteiger partial charge < -0.3 is 19.1 Å². The normalized spacial score (nSPS) is 16.6. The standard InChI is InChI=1S/C23H27NO5/c1-16(21(25)24(23(2,3)4)14-17-10-6-5-7-11-17)28-22(26)20-15-27-18-12-8-9-13-19(18)29-20/h5-13,16,20H,14-15H2,1-4H3/t16-,20+/m1/s1. The lowest BCUT2D eigenvalue weighted by molar-refractivity contribution is -0.169. The molecule has 0 bridgehead atoms. The number of hydrogen-bond acceptors (Lipinski definition) is 5. The van der Waals surface area contributed by atoms with Gasteiger partial charge in [0, 0.05) is 12.1 Å². The Labute approximate surface area is 171 Å². The second kappa shape index (κ2) is 8.55. The first-order valence-corrected chi connectivity index (χ1v) is 9.70. The maximum absolute atomic E-state index is 13.1. The van der Waals surface area contributed by atoms with Gasteiger partial charge in [-0.3, -0.25) is 4.79 Å². The Hall–Kier alpha value is -3.02. The number of ether oxygens (including phenoxy) is 3. The molecule has 3 rings (SSSR count). The SMILES string of the molecule is C[C@@H](OC(=O)[C@@H]1COc2ccccc2O1)C(=O)N(Cc1ccccc1)C(C)(C)C. The van der Waals surface area contributed by atoms with Gasteiger partial charge in [0.2, 0.25) is 6.10 Å². The quantitative estimate of drug-likeness (QED) is 0.722. The summed E-state index contributed by atoms with van der Waals surface area (Å²) in [5.41, 5.74) is 0.576. The maximum atomic E-state index is 13.1. The third-order valence-electron chi connectivity index (χ3n) is 4.67. The molecule has 6 heteroatoms. The molecule has 0 spiro atoms. The number of para-hydroxylation sites is 2. The number of fused-ring (bicyclic) bond motifs is 1. The zero-order chi connectivity index (χ0) is 21.0. The van der Waals surface area contributed by atoms with Gasteiger partial charge in [0.25, 0.3) is 5.91 Å². The summed E-state index contributed by atoms with van der Waals surface area (Å²) in [6.45, 7) is 7.93. The van der Waals surface area contributed by atoms with E-state index in [4.69, 9.17) is 14.2 Å². The Morgan fingerprint density at radius 2 is 1.69 bits per heavy atom. The number of hydrogen-bond donors (Lipinski definition) is 0. The zero-order valence-corrected chi connectivity index (χ0v) is 17.3.